The molecule has 0 spiro atoms. The van der Waals surface area contributed by atoms with Crippen LogP contribution in [0.3, 0.4) is 0 Å². The molecule has 0 saturated carbocycles. The van der Waals surface area contributed by atoms with Crippen LogP contribution in [0.1, 0.15) is 4.11 Å². The first-order chi connectivity index (χ1) is 7.61. The maximum Gasteiger partial charge on any atom is 0.0863 e. The molecule has 0 radical (unpaired) electrons. The highest BCUT2D eigenvalue weighted by molar-refractivity contribution is 5.66. The molecule has 0 bridgehead atoms. The third kappa shape index (κ3) is 1.72. The number of nitrogens with two attached hydrogens (primary N) is 1. The Bertz CT molecular complexity index is 381. The quantitative estimate of drug-likeness (QED) is 0.687. The third-order valence-electron chi connectivity index (χ3n) is 1.99. The second-order valence-corrected chi connectivity index (χ2v) is 2.82. The summed E-state index contributed by atoms with van der Waals surface area (Å²) in [6, 6.07) is -0.0181. The van der Waals surface area contributed by atoms with Gasteiger partial charge in [0.1, 0.15) is 0 Å². The lowest BCUT2D eigenvalue weighted by Gasteiger charge is -2.29. The number of pyridine rings is 1. The third-order valence-corrected chi connectivity index (χ3v) is 1.99. The van der Waals surface area contributed by atoms with E-state index in [4.69, 9.17) is 14.6 Å². The Balaban J connectivity index is 2.45. The molecule has 0 unspecified atom stereocenters. The Kier molecular flexibility index (Phi) is 1.51. The van der Waals surface area contributed by atoms with E-state index in [2.05, 4.69) is 4.98 Å². The summed E-state index contributed by atoms with van der Waals surface area (Å²) in [6.45, 7) is 2.39. The van der Waals surface area contributed by atoms with Crippen molar-refractivity contribution in [1.82, 2.24) is 4.98 Å². The van der Waals surface area contributed by atoms with Crippen molar-refractivity contribution in [2.45, 2.75) is 0 Å². The molecular formula is C9H13N3O. The molecule has 1 aromatic heterocycles. The van der Waals surface area contributed by atoms with Gasteiger partial charge in [-0.3, -0.25) is 4.98 Å². The molecule has 0 aliphatic carbocycles. The van der Waals surface area contributed by atoms with E-state index in [-0.39, 0.29) is 24.1 Å². The number of hydrogen-bond donors (Lipinski definition) is 1. The zero-order valence-corrected chi connectivity index (χ0v) is 7.21. The minimum Gasteiger partial charge on any atom is -0.396 e. The van der Waals surface area contributed by atoms with Crippen molar-refractivity contribution in [3.05, 3.63) is 18.4 Å². The molecule has 0 atom stereocenters. The number of nitrogens with zero attached hydrogens (tertiary/aromatic N) is 2. The Morgan fingerprint density at radius 3 is 3.08 bits per heavy atom. The lowest BCUT2D eigenvalue weighted by atomic mass is 10.3. The van der Waals surface area contributed by atoms with Crippen LogP contribution in [0.2, 0.25) is 0 Å². The summed E-state index contributed by atoms with van der Waals surface area (Å²) < 4.78 is 28.0. The van der Waals surface area contributed by atoms with Gasteiger partial charge in [0.15, 0.2) is 0 Å². The van der Waals surface area contributed by atoms with Crippen LogP contribution in [0.5, 0.6) is 0 Å². The number of morpholine rings is 1. The Hall–Kier alpha value is -1.29. The fraction of sp³-hybridized carbons (Fsp3) is 0.444. The van der Waals surface area contributed by atoms with Crippen molar-refractivity contribution < 1.29 is 8.85 Å². The predicted molar refractivity (Wildman–Crippen MR) is 51.7 cm³/mol. The van der Waals surface area contributed by atoms with Gasteiger partial charge in [-0.1, -0.05) is 0 Å². The zero-order valence-electron chi connectivity index (χ0n) is 10.2. The first kappa shape index (κ1) is 5.44. The maximum absolute atomic E-state index is 7.77. The van der Waals surface area contributed by atoms with E-state index in [1.54, 1.807) is 0 Å². The summed E-state index contributed by atoms with van der Waals surface area (Å²) in [6.07, 6.45) is -0.344. The molecule has 2 heterocycles. The second kappa shape index (κ2) is 3.62. The normalized spacial score (nSPS) is 20.6. The van der Waals surface area contributed by atoms with E-state index in [1.165, 1.54) is 0 Å². The highest BCUT2D eigenvalue weighted by atomic mass is 16.5. The average Bonchev–Trinajstić information content (AvgIpc) is 2.28. The van der Waals surface area contributed by atoms with Crippen LogP contribution in [-0.2, 0) is 4.74 Å². The summed E-state index contributed by atoms with van der Waals surface area (Å²) in [5, 5.41) is 0. The fourth-order valence-corrected chi connectivity index (χ4v) is 1.33. The van der Waals surface area contributed by atoms with Gasteiger partial charge < -0.3 is 15.4 Å². The summed E-state index contributed by atoms with van der Waals surface area (Å²) in [4.78, 5) is 5.47. The number of anilines is 2. The molecule has 4 nitrogen and oxygen atoms in total. The van der Waals surface area contributed by atoms with Crippen LogP contribution in [0.25, 0.3) is 0 Å². The maximum atomic E-state index is 7.77. The van der Waals surface area contributed by atoms with Crippen molar-refractivity contribution in [2.75, 3.05) is 36.9 Å². The van der Waals surface area contributed by atoms with Crippen LogP contribution in [0.4, 0.5) is 11.4 Å². The van der Waals surface area contributed by atoms with Crippen LogP contribution >= 0.6 is 0 Å². The van der Waals surface area contributed by atoms with E-state index >= 15 is 0 Å². The van der Waals surface area contributed by atoms with Gasteiger partial charge in [-0.25, -0.2) is 0 Å². The summed E-state index contributed by atoms with van der Waals surface area (Å²) >= 11 is 0. The van der Waals surface area contributed by atoms with Crippen molar-refractivity contribution in [2.24, 2.45) is 0 Å². The van der Waals surface area contributed by atoms with Gasteiger partial charge in [-0.2, -0.15) is 0 Å². The fourth-order valence-electron chi connectivity index (χ4n) is 1.33. The number of aromatic nitrogens is 1. The second-order valence-electron chi connectivity index (χ2n) is 2.82. The lowest BCUT2D eigenvalue weighted by molar-refractivity contribution is 0.123. The molecule has 0 aromatic carbocycles. The molecule has 70 valence electrons. The monoisotopic (exact) mass is 182 g/mol. The molecule has 4 heteroatoms. The van der Waals surface area contributed by atoms with E-state index in [0.29, 0.717) is 32.0 Å². The Morgan fingerprint density at radius 2 is 2.31 bits per heavy atom. The average molecular weight is 182 g/mol. The smallest absolute Gasteiger partial charge is 0.0863 e. The van der Waals surface area contributed by atoms with Gasteiger partial charge in [-0.05, 0) is 6.04 Å². The summed E-state index contributed by atoms with van der Waals surface area (Å²) in [5.41, 5.74) is 6.35. The first-order valence-electron chi connectivity index (χ1n) is 5.67. The molecular weight excluding hydrogens is 166 g/mol. The van der Waals surface area contributed by atoms with E-state index in [9.17, 15) is 0 Å². The van der Waals surface area contributed by atoms with Crippen molar-refractivity contribution >= 4 is 11.4 Å². The zero-order chi connectivity index (χ0) is 11.7. The van der Waals surface area contributed by atoms with Gasteiger partial charge in [0.05, 0.1) is 34.9 Å². The topological polar surface area (TPSA) is 51.4 Å². The van der Waals surface area contributed by atoms with Crippen molar-refractivity contribution in [3.63, 3.8) is 0 Å². The highest BCUT2D eigenvalue weighted by Crippen LogP contribution is 2.21. The van der Waals surface area contributed by atoms with E-state index in [1.807, 2.05) is 4.90 Å². The van der Waals surface area contributed by atoms with Crippen LogP contribution < -0.4 is 10.6 Å². The summed E-state index contributed by atoms with van der Waals surface area (Å²) in [5.74, 6) is 0. The van der Waals surface area contributed by atoms with Crippen molar-refractivity contribution in [3.8, 4) is 0 Å². The molecule has 13 heavy (non-hydrogen) atoms. The molecule has 2 N–H and O–H groups in total. The van der Waals surface area contributed by atoms with Crippen LogP contribution in [0.15, 0.2) is 18.4 Å². The minimum atomic E-state index is -0.208. The van der Waals surface area contributed by atoms with Gasteiger partial charge in [-0.15, -0.1) is 0 Å². The highest BCUT2D eigenvalue weighted by Gasteiger charge is 2.12. The molecule has 1 fully saturated rings. The standard InChI is InChI=1S/C9H13N3O/c10-8-7-11-2-1-9(8)12-3-5-13-6-4-12/h1-2,7H,3-6,10H2/i1D,2D,7D. The molecule has 1 aliphatic heterocycles. The number of ether oxygens (including phenoxy) is 1. The number of rotatable bonds is 1. The SMILES string of the molecule is [2H]c1nc([2H])c(N)c(N2CCOCC2)c1[2H]. The van der Waals surface area contributed by atoms with Gasteiger partial charge in [0, 0.05) is 19.3 Å². The molecule has 1 aromatic rings. The van der Waals surface area contributed by atoms with Crippen molar-refractivity contribution in [1.29, 1.82) is 0 Å². The number of nitrogen functional groups attached to an aromatic ring is 1. The predicted octanol–water partition coefficient (Wildman–Crippen LogP) is 0.500. The van der Waals surface area contributed by atoms with E-state index < -0.39 is 0 Å². The molecule has 1 aliphatic rings. The van der Waals surface area contributed by atoms with Crippen LogP contribution in [0, 0.1) is 0 Å². The summed E-state index contributed by atoms with van der Waals surface area (Å²) in [7, 11) is 0. The van der Waals surface area contributed by atoms with Crippen LogP contribution in [-0.4, -0.2) is 31.3 Å². The number of hydrogen-bond acceptors (Lipinski definition) is 4. The lowest BCUT2D eigenvalue weighted by Crippen LogP contribution is -2.36. The molecule has 2 rings (SSSR count). The Labute approximate surface area is 81.5 Å². The minimum absolute atomic E-state index is 0.0181. The Morgan fingerprint density at radius 1 is 1.54 bits per heavy atom. The molecule has 0 amide bonds. The first-order valence-corrected chi connectivity index (χ1v) is 4.17. The largest absolute Gasteiger partial charge is 0.396 e. The van der Waals surface area contributed by atoms with Gasteiger partial charge >= 0.3 is 0 Å². The van der Waals surface area contributed by atoms with Gasteiger partial charge in [0.25, 0.3) is 0 Å². The van der Waals surface area contributed by atoms with E-state index in [0.717, 1.165) is 0 Å². The molecule has 1 saturated heterocycles. The van der Waals surface area contributed by atoms with Gasteiger partial charge in [0.2, 0.25) is 0 Å².